The van der Waals surface area contributed by atoms with Crippen LogP contribution >= 0.6 is 0 Å². The largest absolute Gasteiger partial charge is 0.372 e. The Hall–Kier alpha value is -2.54. The van der Waals surface area contributed by atoms with Crippen LogP contribution in [-0.4, -0.2) is 13.4 Å². The van der Waals surface area contributed by atoms with Crippen LogP contribution in [-0.2, 0) is 34.5 Å². The average Bonchev–Trinajstić information content (AvgIpc) is 2.69. The van der Waals surface area contributed by atoms with E-state index in [1.54, 1.807) is 12.3 Å². The third kappa shape index (κ3) is 4.98. The van der Waals surface area contributed by atoms with Crippen molar-refractivity contribution < 1.29 is 13.2 Å². The molecule has 1 aromatic heterocycles. The lowest BCUT2D eigenvalue weighted by Gasteiger charge is -2.12. The van der Waals surface area contributed by atoms with Crippen LogP contribution in [0.5, 0.6) is 0 Å². The quantitative estimate of drug-likeness (QED) is 0.663. The predicted molar refractivity (Wildman–Crippen MR) is 99.6 cm³/mol. The van der Waals surface area contributed by atoms with E-state index in [0.29, 0.717) is 13.2 Å². The maximum Gasteiger partial charge on any atom is 0.242 e. The number of rotatable bonds is 8. The van der Waals surface area contributed by atoms with Gasteiger partial charge in [0.15, 0.2) is 0 Å². The minimum absolute atomic E-state index is 0.151. The Morgan fingerprint density at radius 3 is 2.31 bits per heavy atom. The maximum absolute atomic E-state index is 12.3. The van der Waals surface area contributed by atoms with Gasteiger partial charge in [-0.1, -0.05) is 54.6 Å². The molecule has 0 amide bonds. The molecule has 26 heavy (non-hydrogen) atoms. The highest BCUT2D eigenvalue weighted by molar-refractivity contribution is 7.89. The molecule has 0 fully saturated rings. The summed E-state index contributed by atoms with van der Waals surface area (Å²) in [6.45, 7) is 1.12. The topological polar surface area (TPSA) is 68.3 Å². The number of ether oxygens (including phenoxy) is 1. The van der Waals surface area contributed by atoms with Crippen molar-refractivity contribution in [3.63, 3.8) is 0 Å². The number of hydrogen-bond donors (Lipinski definition) is 1. The van der Waals surface area contributed by atoms with Gasteiger partial charge >= 0.3 is 0 Å². The number of nitrogens with one attached hydrogen (secondary N) is 1. The van der Waals surface area contributed by atoms with E-state index in [1.165, 1.54) is 12.3 Å². The summed E-state index contributed by atoms with van der Waals surface area (Å²) < 4.78 is 33.1. The van der Waals surface area contributed by atoms with Crippen LogP contribution < -0.4 is 4.72 Å². The van der Waals surface area contributed by atoms with Gasteiger partial charge in [-0.2, -0.15) is 0 Å². The molecule has 0 aliphatic carbocycles. The van der Waals surface area contributed by atoms with Crippen molar-refractivity contribution in [2.45, 2.75) is 24.7 Å². The zero-order valence-corrected chi connectivity index (χ0v) is 15.0. The van der Waals surface area contributed by atoms with Gasteiger partial charge in [0.25, 0.3) is 0 Å². The number of pyridine rings is 1. The lowest BCUT2D eigenvalue weighted by Crippen LogP contribution is -2.24. The zero-order valence-electron chi connectivity index (χ0n) is 14.2. The van der Waals surface area contributed by atoms with E-state index in [9.17, 15) is 8.42 Å². The maximum atomic E-state index is 12.3. The van der Waals surface area contributed by atoms with Crippen LogP contribution in [0.1, 0.15) is 16.7 Å². The smallest absolute Gasteiger partial charge is 0.242 e. The Bertz CT molecular complexity index is 930. The number of aromatic nitrogens is 1. The molecular formula is C20H20N2O3S. The Labute approximate surface area is 153 Å². The van der Waals surface area contributed by atoms with E-state index in [1.807, 2.05) is 54.6 Å². The van der Waals surface area contributed by atoms with E-state index in [-0.39, 0.29) is 11.4 Å². The molecule has 0 aliphatic rings. The predicted octanol–water partition coefficient (Wildman–Crippen LogP) is 3.28. The number of nitrogens with zero attached hydrogens (tertiary/aromatic N) is 1. The fraction of sp³-hybridized carbons (Fsp3) is 0.150. The summed E-state index contributed by atoms with van der Waals surface area (Å²) in [5.74, 6) is 0. The average molecular weight is 368 g/mol. The Balaban J connectivity index is 1.62. The highest BCUT2D eigenvalue weighted by Gasteiger charge is 2.14. The molecule has 0 bridgehead atoms. The summed E-state index contributed by atoms with van der Waals surface area (Å²) in [4.78, 5) is 4.00. The number of benzene rings is 2. The first-order chi connectivity index (χ1) is 12.6. The van der Waals surface area contributed by atoms with Gasteiger partial charge in [-0.15, -0.1) is 0 Å². The van der Waals surface area contributed by atoms with Crippen LogP contribution in [0.25, 0.3) is 0 Å². The van der Waals surface area contributed by atoms with Gasteiger partial charge in [0.05, 0.1) is 13.2 Å². The normalized spacial score (nSPS) is 11.4. The van der Waals surface area contributed by atoms with Crippen LogP contribution in [0.15, 0.2) is 84.0 Å². The second kappa shape index (κ2) is 8.71. The monoisotopic (exact) mass is 368 g/mol. The van der Waals surface area contributed by atoms with Crippen molar-refractivity contribution in [3.05, 3.63) is 95.8 Å². The van der Waals surface area contributed by atoms with E-state index in [4.69, 9.17) is 4.74 Å². The molecule has 6 heteroatoms. The molecule has 0 radical (unpaired) electrons. The minimum Gasteiger partial charge on any atom is -0.372 e. The van der Waals surface area contributed by atoms with Gasteiger partial charge in [0.1, 0.15) is 4.90 Å². The molecule has 0 aliphatic heterocycles. The molecule has 0 atom stereocenters. The first-order valence-electron chi connectivity index (χ1n) is 8.23. The third-order valence-electron chi connectivity index (χ3n) is 3.88. The van der Waals surface area contributed by atoms with Crippen LogP contribution in [0, 0.1) is 0 Å². The first kappa shape index (κ1) is 18.3. The molecule has 0 spiro atoms. The van der Waals surface area contributed by atoms with Gasteiger partial charge in [-0.25, -0.2) is 13.1 Å². The van der Waals surface area contributed by atoms with Crippen molar-refractivity contribution in [1.29, 1.82) is 0 Å². The summed E-state index contributed by atoms with van der Waals surface area (Å²) in [5, 5.41) is 0. The van der Waals surface area contributed by atoms with E-state index in [0.717, 1.165) is 16.7 Å². The van der Waals surface area contributed by atoms with Crippen molar-refractivity contribution in [2.75, 3.05) is 0 Å². The number of hydrogen-bond acceptors (Lipinski definition) is 4. The molecule has 0 saturated carbocycles. The summed E-state index contributed by atoms with van der Waals surface area (Å²) in [6, 6.07) is 20.7. The SMILES string of the molecule is O=S(=O)(NCc1ccccc1COCc1ccccc1)c1cccnc1. The van der Waals surface area contributed by atoms with Crippen molar-refractivity contribution in [3.8, 4) is 0 Å². The Kier molecular flexibility index (Phi) is 6.12. The molecule has 1 N–H and O–H groups in total. The zero-order chi connectivity index (χ0) is 18.2. The fourth-order valence-corrected chi connectivity index (χ4v) is 3.46. The summed E-state index contributed by atoms with van der Waals surface area (Å²) in [6.07, 6.45) is 2.87. The van der Waals surface area contributed by atoms with Gasteiger partial charge in [0, 0.05) is 18.9 Å². The molecule has 1 heterocycles. The third-order valence-corrected chi connectivity index (χ3v) is 5.27. The van der Waals surface area contributed by atoms with Crippen LogP contribution in [0.3, 0.4) is 0 Å². The molecule has 3 aromatic rings. The van der Waals surface area contributed by atoms with Crippen LogP contribution in [0.2, 0.25) is 0 Å². The van der Waals surface area contributed by atoms with Crippen LogP contribution in [0.4, 0.5) is 0 Å². The van der Waals surface area contributed by atoms with Crippen molar-refractivity contribution in [1.82, 2.24) is 9.71 Å². The van der Waals surface area contributed by atoms with Crippen molar-refractivity contribution >= 4 is 10.0 Å². The molecule has 2 aromatic carbocycles. The van der Waals surface area contributed by atoms with E-state index < -0.39 is 10.0 Å². The highest BCUT2D eigenvalue weighted by Crippen LogP contribution is 2.13. The number of sulfonamides is 1. The summed E-state index contributed by atoms with van der Waals surface area (Å²) in [7, 11) is -3.59. The second-order valence-corrected chi connectivity index (χ2v) is 7.53. The minimum atomic E-state index is -3.59. The lowest BCUT2D eigenvalue weighted by atomic mass is 10.1. The molecule has 5 nitrogen and oxygen atoms in total. The Morgan fingerprint density at radius 1 is 0.846 bits per heavy atom. The second-order valence-electron chi connectivity index (χ2n) is 5.76. The summed E-state index contributed by atoms with van der Waals surface area (Å²) in [5.41, 5.74) is 2.94. The van der Waals surface area contributed by atoms with Gasteiger partial charge in [-0.05, 0) is 28.8 Å². The fourth-order valence-electron chi connectivity index (χ4n) is 2.49. The van der Waals surface area contributed by atoms with Crippen molar-refractivity contribution in [2.24, 2.45) is 0 Å². The lowest BCUT2D eigenvalue weighted by molar-refractivity contribution is 0.106. The molecule has 134 valence electrons. The molecular weight excluding hydrogens is 348 g/mol. The molecule has 0 unspecified atom stereocenters. The Morgan fingerprint density at radius 2 is 1.58 bits per heavy atom. The van der Waals surface area contributed by atoms with Gasteiger partial charge in [-0.3, -0.25) is 4.98 Å². The van der Waals surface area contributed by atoms with Gasteiger partial charge in [0.2, 0.25) is 10.0 Å². The summed E-state index contributed by atoms with van der Waals surface area (Å²) >= 11 is 0. The van der Waals surface area contributed by atoms with E-state index in [2.05, 4.69) is 9.71 Å². The highest BCUT2D eigenvalue weighted by atomic mass is 32.2. The van der Waals surface area contributed by atoms with Gasteiger partial charge < -0.3 is 4.74 Å². The first-order valence-corrected chi connectivity index (χ1v) is 9.71. The van der Waals surface area contributed by atoms with E-state index >= 15 is 0 Å². The molecule has 0 saturated heterocycles. The molecule has 3 rings (SSSR count). The standard InChI is InChI=1S/C20H20N2O3S/c23-26(24,20-11-6-12-21-14-20)22-13-18-9-4-5-10-19(18)16-25-15-17-7-2-1-3-8-17/h1-12,14,22H,13,15-16H2.